The summed E-state index contributed by atoms with van der Waals surface area (Å²) in [5, 5.41) is 5.67. The number of anilines is 1. The number of benzene rings is 2. The Balaban J connectivity index is 1.65. The molecule has 2 amide bonds. The Morgan fingerprint density at radius 1 is 1.05 bits per heavy atom. The molecule has 4 heteroatoms. The molecule has 0 bridgehead atoms. The van der Waals surface area contributed by atoms with E-state index in [0.717, 1.165) is 29.0 Å². The van der Waals surface area contributed by atoms with E-state index in [-0.39, 0.29) is 6.03 Å². The molecule has 0 unspecified atom stereocenters. The second-order valence-electron chi connectivity index (χ2n) is 5.27. The van der Waals surface area contributed by atoms with Crippen LogP contribution in [-0.4, -0.2) is 19.2 Å². The average Bonchev–Trinajstić information content (AvgIpc) is 2.47. The lowest BCUT2D eigenvalue weighted by Gasteiger charge is -2.10. The summed E-state index contributed by atoms with van der Waals surface area (Å²) in [6.07, 6.45) is 0.759. The molecule has 116 valence electrons. The smallest absolute Gasteiger partial charge is 0.319 e. The van der Waals surface area contributed by atoms with Crippen LogP contribution in [0.15, 0.2) is 48.5 Å². The van der Waals surface area contributed by atoms with Crippen LogP contribution in [0.2, 0.25) is 0 Å². The highest BCUT2D eigenvalue weighted by molar-refractivity contribution is 5.89. The summed E-state index contributed by atoms with van der Waals surface area (Å²) in [5.41, 5.74) is 3.08. The zero-order valence-corrected chi connectivity index (χ0v) is 13.1. The number of amides is 2. The van der Waals surface area contributed by atoms with E-state index < -0.39 is 0 Å². The van der Waals surface area contributed by atoms with Crippen LogP contribution in [0.25, 0.3) is 0 Å². The van der Waals surface area contributed by atoms with Gasteiger partial charge in [-0.3, -0.25) is 0 Å². The molecule has 0 saturated carbocycles. The van der Waals surface area contributed by atoms with E-state index in [0.29, 0.717) is 13.2 Å². The van der Waals surface area contributed by atoms with E-state index in [9.17, 15) is 4.79 Å². The molecule has 0 heterocycles. The number of para-hydroxylation sites is 1. The molecule has 0 saturated heterocycles. The summed E-state index contributed by atoms with van der Waals surface area (Å²) in [6, 6.07) is 15.4. The second-order valence-corrected chi connectivity index (χ2v) is 5.27. The van der Waals surface area contributed by atoms with Gasteiger partial charge in [0.1, 0.15) is 5.75 Å². The third-order valence-corrected chi connectivity index (χ3v) is 3.10. The number of carbonyl (C=O) groups is 1. The van der Waals surface area contributed by atoms with Crippen molar-refractivity contribution >= 4 is 11.7 Å². The topological polar surface area (TPSA) is 50.4 Å². The third-order valence-electron chi connectivity index (χ3n) is 3.10. The van der Waals surface area contributed by atoms with Gasteiger partial charge in [0, 0.05) is 12.2 Å². The van der Waals surface area contributed by atoms with Gasteiger partial charge in [0.15, 0.2) is 0 Å². The van der Waals surface area contributed by atoms with Gasteiger partial charge < -0.3 is 15.4 Å². The molecule has 2 aromatic rings. The fraction of sp³-hybridized carbons (Fsp3) is 0.278. The monoisotopic (exact) mass is 298 g/mol. The summed E-state index contributed by atoms with van der Waals surface area (Å²) >= 11 is 0. The molecule has 0 fully saturated rings. The Bertz CT molecular complexity index is 591. The van der Waals surface area contributed by atoms with E-state index in [1.54, 1.807) is 0 Å². The lowest BCUT2D eigenvalue weighted by Crippen LogP contribution is -2.30. The van der Waals surface area contributed by atoms with Crippen LogP contribution >= 0.6 is 0 Å². The van der Waals surface area contributed by atoms with E-state index >= 15 is 0 Å². The molecule has 2 rings (SSSR count). The molecular formula is C18H22N2O2. The van der Waals surface area contributed by atoms with Gasteiger partial charge in [-0.05, 0) is 55.7 Å². The first-order valence-electron chi connectivity index (χ1n) is 7.44. The zero-order chi connectivity index (χ0) is 15.8. The first kappa shape index (κ1) is 15.9. The van der Waals surface area contributed by atoms with Crippen LogP contribution in [0.5, 0.6) is 5.75 Å². The lowest BCUT2D eigenvalue weighted by molar-refractivity contribution is 0.250. The highest BCUT2D eigenvalue weighted by atomic mass is 16.5. The van der Waals surface area contributed by atoms with Crippen LogP contribution in [0.4, 0.5) is 10.5 Å². The number of nitrogens with one attached hydrogen (secondary N) is 2. The van der Waals surface area contributed by atoms with E-state index in [1.807, 2.05) is 56.3 Å². The largest absolute Gasteiger partial charge is 0.494 e. The van der Waals surface area contributed by atoms with Gasteiger partial charge in [-0.2, -0.15) is 0 Å². The number of aryl methyl sites for hydroxylation is 2. The molecule has 2 N–H and O–H groups in total. The Morgan fingerprint density at radius 2 is 1.73 bits per heavy atom. The van der Waals surface area contributed by atoms with Gasteiger partial charge in [-0.1, -0.05) is 24.3 Å². The molecule has 0 aliphatic carbocycles. The minimum atomic E-state index is -0.190. The normalized spacial score (nSPS) is 10.1. The number of hydrogen-bond donors (Lipinski definition) is 2. The zero-order valence-electron chi connectivity index (χ0n) is 13.1. The van der Waals surface area contributed by atoms with Crippen molar-refractivity contribution in [3.05, 3.63) is 59.7 Å². The standard InChI is InChI=1S/C18H22N2O2/c1-14-11-15(2)13-16(12-14)20-18(21)19-9-6-10-22-17-7-4-3-5-8-17/h3-5,7-8,11-13H,6,9-10H2,1-2H3,(H2,19,20,21). The number of urea groups is 1. The Kier molecular flexibility index (Phi) is 5.83. The maximum Gasteiger partial charge on any atom is 0.319 e. The van der Waals surface area contributed by atoms with E-state index in [4.69, 9.17) is 4.74 Å². The van der Waals surface area contributed by atoms with Crippen molar-refractivity contribution in [3.63, 3.8) is 0 Å². The summed E-state index contributed by atoms with van der Waals surface area (Å²) < 4.78 is 5.57. The Labute approximate surface area is 131 Å². The number of carbonyl (C=O) groups excluding carboxylic acids is 1. The maximum atomic E-state index is 11.8. The molecule has 2 aromatic carbocycles. The third kappa shape index (κ3) is 5.48. The van der Waals surface area contributed by atoms with Gasteiger partial charge in [0.05, 0.1) is 6.61 Å². The van der Waals surface area contributed by atoms with Crippen molar-refractivity contribution < 1.29 is 9.53 Å². The summed E-state index contributed by atoms with van der Waals surface area (Å²) in [6.45, 7) is 5.17. The quantitative estimate of drug-likeness (QED) is 0.795. The maximum absolute atomic E-state index is 11.8. The fourth-order valence-electron chi connectivity index (χ4n) is 2.20. The predicted molar refractivity (Wildman–Crippen MR) is 89.5 cm³/mol. The van der Waals surface area contributed by atoms with Crippen LogP contribution in [0, 0.1) is 13.8 Å². The van der Waals surface area contributed by atoms with Crippen LogP contribution in [-0.2, 0) is 0 Å². The molecule has 0 atom stereocenters. The van der Waals surface area contributed by atoms with Crippen LogP contribution < -0.4 is 15.4 Å². The summed E-state index contributed by atoms with van der Waals surface area (Å²) in [4.78, 5) is 11.8. The minimum Gasteiger partial charge on any atom is -0.494 e. The number of hydrogen-bond acceptors (Lipinski definition) is 2. The van der Waals surface area contributed by atoms with Crippen molar-refractivity contribution in [2.75, 3.05) is 18.5 Å². The Hall–Kier alpha value is -2.49. The average molecular weight is 298 g/mol. The number of rotatable bonds is 6. The molecule has 22 heavy (non-hydrogen) atoms. The molecular weight excluding hydrogens is 276 g/mol. The number of ether oxygens (including phenoxy) is 1. The lowest BCUT2D eigenvalue weighted by atomic mass is 10.1. The molecule has 0 aliphatic heterocycles. The SMILES string of the molecule is Cc1cc(C)cc(NC(=O)NCCCOc2ccccc2)c1. The van der Waals surface area contributed by atoms with Crippen LogP contribution in [0.3, 0.4) is 0 Å². The summed E-state index contributed by atoms with van der Waals surface area (Å²) in [5.74, 6) is 0.849. The highest BCUT2D eigenvalue weighted by Crippen LogP contribution is 2.13. The van der Waals surface area contributed by atoms with Crippen molar-refractivity contribution in [3.8, 4) is 5.75 Å². The van der Waals surface area contributed by atoms with Gasteiger partial charge in [0.25, 0.3) is 0 Å². The molecule has 0 aliphatic rings. The molecule has 0 aromatic heterocycles. The van der Waals surface area contributed by atoms with Gasteiger partial charge in [-0.15, -0.1) is 0 Å². The molecule has 4 nitrogen and oxygen atoms in total. The minimum absolute atomic E-state index is 0.190. The van der Waals surface area contributed by atoms with Gasteiger partial charge in [0.2, 0.25) is 0 Å². The summed E-state index contributed by atoms with van der Waals surface area (Å²) in [7, 11) is 0. The molecule has 0 radical (unpaired) electrons. The van der Waals surface area contributed by atoms with Crippen molar-refractivity contribution in [2.24, 2.45) is 0 Å². The predicted octanol–water partition coefficient (Wildman–Crippen LogP) is 3.89. The first-order valence-corrected chi connectivity index (χ1v) is 7.44. The molecule has 0 spiro atoms. The van der Waals surface area contributed by atoms with Crippen molar-refractivity contribution in [1.82, 2.24) is 5.32 Å². The van der Waals surface area contributed by atoms with E-state index in [1.165, 1.54) is 0 Å². The second kappa shape index (κ2) is 8.08. The van der Waals surface area contributed by atoms with Crippen molar-refractivity contribution in [1.29, 1.82) is 0 Å². The van der Waals surface area contributed by atoms with Crippen LogP contribution in [0.1, 0.15) is 17.5 Å². The highest BCUT2D eigenvalue weighted by Gasteiger charge is 2.02. The Morgan fingerprint density at radius 3 is 2.41 bits per heavy atom. The van der Waals surface area contributed by atoms with E-state index in [2.05, 4.69) is 16.7 Å². The first-order chi connectivity index (χ1) is 10.6. The van der Waals surface area contributed by atoms with Gasteiger partial charge >= 0.3 is 6.03 Å². The fourth-order valence-corrected chi connectivity index (χ4v) is 2.20. The van der Waals surface area contributed by atoms with Crippen molar-refractivity contribution in [2.45, 2.75) is 20.3 Å². The van der Waals surface area contributed by atoms with Gasteiger partial charge in [-0.25, -0.2) is 4.79 Å².